The molecule has 0 unspecified atom stereocenters. The number of fused-ring (bicyclic) bond motifs is 1. The van der Waals surface area contributed by atoms with Crippen LogP contribution in [0.1, 0.15) is 33.7 Å². The summed E-state index contributed by atoms with van der Waals surface area (Å²) in [5.41, 5.74) is 1.51. The van der Waals surface area contributed by atoms with Gasteiger partial charge in [-0.1, -0.05) is 36.4 Å². The summed E-state index contributed by atoms with van der Waals surface area (Å²) < 4.78 is 38.0. The van der Waals surface area contributed by atoms with Crippen molar-refractivity contribution in [1.82, 2.24) is 14.8 Å². The molecule has 4 aromatic rings. The molecule has 34 heavy (non-hydrogen) atoms. The minimum absolute atomic E-state index is 0.0446. The van der Waals surface area contributed by atoms with E-state index < -0.39 is 23.9 Å². The summed E-state index contributed by atoms with van der Waals surface area (Å²) in [6, 6.07) is 16.7. The van der Waals surface area contributed by atoms with Crippen LogP contribution >= 0.6 is 0 Å². The van der Waals surface area contributed by atoms with Gasteiger partial charge in [-0.25, -0.2) is 13.8 Å². The summed E-state index contributed by atoms with van der Waals surface area (Å²) in [6.45, 7) is 0.0871. The summed E-state index contributed by atoms with van der Waals surface area (Å²) in [6.07, 6.45) is -1.19. The van der Waals surface area contributed by atoms with E-state index in [1.54, 1.807) is 18.3 Å². The molecule has 0 fully saturated rings. The van der Waals surface area contributed by atoms with Gasteiger partial charge in [-0.15, -0.1) is 0 Å². The molecule has 0 spiro atoms. The lowest BCUT2D eigenvalue weighted by atomic mass is 10.0. The van der Waals surface area contributed by atoms with E-state index in [0.717, 1.165) is 5.56 Å². The van der Waals surface area contributed by atoms with Gasteiger partial charge in [0.1, 0.15) is 30.3 Å². The molecular formula is C25H21F2N3O4. The second kappa shape index (κ2) is 10.2. The fourth-order valence-electron chi connectivity index (χ4n) is 3.47. The SMILES string of the molecule is COc1cc2nn(CC(=O)OCc3ccccc3)cc2cc1CC(=O)c1cccc(C(F)F)n1. The molecular weight excluding hydrogens is 444 g/mol. The minimum atomic E-state index is -2.76. The van der Waals surface area contributed by atoms with Crippen molar-refractivity contribution in [3.05, 3.63) is 89.4 Å². The number of Topliss-reactive ketones (excluding diaryl/α,β-unsaturated/α-hetero) is 1. The van der Waals surface area contributed by atoms with Gasteiger partial charge in [0.2, 0.25) is 0 Å². The molecule has 0 bridgehead atoms. The van der Waals surface area contributed by atoms with E-state index in [1.807, 2.05) is 30.3 Å². The molecule has 0 aliphatic heterocycles. The van der Waals surface area contributed by atoms with Crippen molar-refractivity contribution >= 4 is 22.7 Å². The summed E-state index contributed by atoms with van der Waals surface area (Å²) in [5.74, 6) is -0.441. The van der Waals surface area contributed by atoms with Crippen LogP contribution in [0.25, 0.3) is 10.9 Å². The van der Waals surface area contributed by atoms with Crippen molar-refractivity contribution in [2.45, 2.75) is 26.0 Å². The zero-order valence-electron chi connectivity index (χ0n) is 18.3. The zero-order chi connectivity index (χ0) is 24.1. The van der Waals surface area contributed by atoms with Gasteiger partial charge in [0.25, 0.3) is 6.43 Å². The number of esters is 1. The number of halogens is 2. The highest BCUT2D eigenvalue weighted by Crippen LogP contribution is 2.27. The van der Waals surface area contributed by atoms with E-state index in [0.29, 0.717) is 22.2 Å². The normalized spacial score (nSPS) is 11.1. The lowest BCUT2D eigenvalue weighted by molar-refractivity contribution is -0.145. The number of hydrogen-bond acceptors (Lipinski definition) is 6. The van der Waals surface area contributed by atoms with Gasteiger partial charge >= 0.3 is 5.97 Å². The highest BCUT2D eigenvalue weighted by atomic mass is 19.3. The fraction of sp³-hybridized carbons (Fsp3) is 0.200. The molecule has 2 aromatic carbocycles. The van der Waals surface area contributed by atoms with Gasteiger partial charge in [-0.2, -0.15) is 5.10 Å². The smallest absolute Gasteiger partial charge is 0.328 e. The lowest BCUT2D eigenvalue weighted by Gasteiger charge is -2.08. The molecule has 0 aliphatic carbocycles. The maximum Gasteiger partial charge on any atom is 0.328 e. The Bertz CT molecular complexity index is 1320. The molecule has 0 saturated heterocycles. The molecule has 0 amide bonds. The molecule has 0 saturated carbocycles. The van der Waals surface area contributed by atoms with Crippen LogP contribution in [0.15, 0.2) is 66.9 Å². The van der Waals surface area contributed by atoms with E-state index in [4.69, 9.17) is 9.47 Å². The molecule has 2 heterocycles. The Morgan fingerprint density at radius 1 is 1.06 bits per heavy atom. The predicted molar refractivity (Wildman–Crippen MR) is 120 cm³/mol. The Kier molecular flexibility index (Phi) is 6.91. The first-order valence-electron chi connectivity index (χ1n) is 10.4. The van der Waals surface area contributed by atoms with Crippen molar-refractivity contribution < 1.29 is 27.8 Å². The molecule has 0 atom stereocenters. The number of carbonyl (C=O) groups is 2. The third-order valence-electron chi connectivity index (χ3n) is 5.12. The second-order valence-corrected chi connectivity index (χ2v) is 7.54. The average Bonchev–Trinajstić information content (AvgIpc) is 3.23. The Morgan fingerprint density at radius 2 is 1.85 bits per heavy atom. The number of aromatic nitrogens is 3. The first kappa shape index (κ1) is 23.0. The number of ether oxygens (including phenoxy) is 2. The monoisotopic (exact) mass is 465 g/mol. The van der Waals surface area contributed by atoms with E-state index >= 15 is 0 Å². The largest absolute Gasteiger partial charge is 0.496 e. The minimum Gasteiger partial charge on any atom is -0.496 e. The first-order chi connectivity index (χ1) is 16.4. The number of rotatable bonds is 9. The third-order valence-corrected chi connectivity index (χ3v) is 5.12. The average molecular weight is 465 g/mol. The van der Waals surface area contributed by atoms with Crippen LogP contribution in [0.2, 0.25) is 0 Å². The molecule has 4 rings (SSSR count). The van der Waals surface area contributed by atoms with Gasteiger partial charge in [0, 0.05) is 29.6 Å². The quantitative estimate of drug-likeness (QED) is 0.267. The van der Waals surface area contributed by atoms with E-state index in [2.05, 4.69) is 10.1 Å². The Balaban J connectivity index is 1.49. The summed E-state index contributed by atoms with van der Waals surface area (Å²) in [5, 5.41) is 5.07. The van der Waals surface area contributed by atoms with E-state index in [9.17, 15) is 18.4 Å². The van der Waals surface area contributed by atoms with Crippen molar-refractivity contribution in [3.8, 4) is 5.75 Å². The molecule has 0 N–H and O–H groups in total. The summed E-state index contributed by atoms with van der Waals surface area (Å²) in [4.78, 5) is 28.7. The fourth-order valence-corrected chi connectivity index (χ4v) is 3.47. The predicted octanol–water partition coefficient (Wildman–Crippen LogP) is 4.55. The van der Waals surface area contributed by atoms with Crippen molar-refractivity contribution in [2.75, 3.05) is 7.11 Å². The van der Waals surface area contributed by atoms with E-state index in [1.165, 1.54) is 30.0 Å². The maximum atomic E-state index is 12.9. The first-order valence-corrected chi connectivity index (χ1v) is 10.4. The zero-order valence-corrected chi connectivity index (χ0v) is 18.3. The van der Waals surface area contributed by atoms with Crippen molar-refractivity contribution in [3.63, 3.8) is 0 Å². The number of ketones is 1. The topological polar surface area (TPSA) is 83.3 Å². The van der Waals surface area contributed by atoms with Gasteiger partial charge < -0.3 is 9.47 Å². The Morgan fingerprint density at radius 3 is 2.59 bits per heavy atom. The van der Waals surface area contributed by atoms with Crippen LogP contribution in [0.3, 0.4) is 0 Å². The van der Waals surface area contributed by atoms with Gasteiger partial charge in [0.05, 0.1) is 12.6 Å². The number of hydrogen-bond donors (Lipinski definition) is 0. The van der Waals surface area contributed by atoms with Gasteiger partial charge in [-0.3, -0.25) is 14.3 Å². The molecule has 174 valence electrons. The van der Waals surface area contributed by atoms with Crippen LogP contribution in [0.5, 0.6) is 5.75 Å². The highest BCUT2D eigenvalue weighted by Gasteiger charge is 2.17. The van der Waals surface area contributed by atoms with Crippen LogP contribution in [0.4, 0.5) is 8.78 Å². The standard InChI is InChI=1S/C25H21F2N3O4/c1-33-23-12-21-18(10-17(23)11-22(31)19-8-5-9-20(28-19)25(26)27)13-30(29-21)14-24(32)34-15-16-6-3-2-4-7-16/h2-10,12-13,25H,11,14-15H2,1H3. The number of methoxy groups -OCH3 is 1. The number of nitrogens with zero attached hydrogens (tertiary/aromatic N) is 3. The van der Waals surface area contributed by atoms with Crippen LogP contribution in [-0.4, -0.2) is 33.6 Å². The molecule has 2 aromatic heterocycles. The highest BCUT2D eigenvalue weighted by molar-refractivity contribution is 5.97. The number of pyridine rings is 1. The summed E-state index contributed by atoms with van der Waals surface area (Å²) >= 11 is 0. The van der Waals surface area contributed by atoms with Crippen molar-refractivity contribution in [1.29, 1.82) is 0 Å². The number of alkyl halides is 2. The summed E-state index contributed by atoms with van der Waals surface area (Å²) in [7, 11) is 1.46. The van der Waals surface area contributed by atoms with E-state index in [-0.39, 0.29) is 25.3 Å². The molecule has 7 nitrogen and oxygen atoms in total. The third kappa shape index (κ3) is 5.43. The Labute approximate surface area is 193 Å². The molecule has 9 heteroatoms. The van der Waals surface area contributed by atoms with Gasteiger partial charge in [0.15, 0.2) is 5.78 Å². The number of carbonyl (C=O) groups excluding carboxylic acids is 2. The van der Waals surface area contributed by atoms with Crippen molar-refractivity contribution in [2.24, 2.45) is 0 Å². The number of benzene rings is 2. The lowest BCUT2D eigenvalue weighted by Crippen LogP contribution is -2.13. The van der Waals surface area contributed by atoms with Gasteiger partial charge in [-0.05, 0) is 23.8 Å². The molecule has 0 aliphatic rings. The maximum absolute atomic E-state index is 12.9. The Hall–Kier alpha value is -4.14. The van der Waals surface area contributed by atoms with Crippen LogP contribution in [0, 0.1) is 0 Å². The molecule has 0 radical (unpaired) electrons. The van der Waals surface area contributed by atoms with Crippen LogP contribution < -0.4 is 4.74 Å². The second-order valence-electron chi connectivity index (χ2n) is 7.54. The van der Waals surface area contributed by atoms with Crippen LogP contribution in [-0.2, 0) is 29.1 Å².